The molecule has 0 aromatic heterocycles. The first-order valence-electron chi connectivity index (χ1n) is 1.98. The van der Waals surface area contributed by atoms with Gasteiger partial charge in [0.1, 0.15) is 6.30 Å². The van der Waals surface area contributed by atoms with Crippen LogP contribution in [0.4, 0.5) is 0 Å². The predicted molar refractivity (Wildman–Crippen MR) is 36.9 cm³/mol. The Hall–Kier alpha value is 0.320. The fourth-order valence-corrected chi connectivity index (χ4v) is 2.73. The molecule has 0 bridgehead atoms. The summed E-state index contributed by atoms with van der Waals surface area (Å²) in [5.41, 5.74) is 0. The van der Waals surface area contributed by atoms with Crippen LogP contribution in [0.5, 0.6) is 0 Å². The summed E-state index contributed by atoms with van der Waals surface area (Å²) in [6.45, 7) is 1.21. The van der Waals surface area contributed by atoms with Crippen LogP contribution in [0.25, 0.3) is 0 Å². The highest BCUT2D eigenvalue weighted by Gasteiger charge is 2.17. The average Bonchev–Trinajstić information content (AvgIpc) is 1.21. The summed E-state index contributed by atoms with van der Waals surface area (Å²) in [4.78, 5) is 17.1. The zero-order chi connectivity index (χ0) is 6.78. The highest BCUT2D eigenvalue weighted by atomic mass is 31.2. The van der Waals surface area contributed by atoms with Crippen LogP contribution in [0.15, 0.2) is 0 Å². The van der Waals surface area contributed by atoms with Crippen LogP contribution >= 0.6 is 15.1 Å². The van der Waals surface area contributed by atoms with E-state index in [1.807, 2.05) is 0 Å². The van der Waals surface area contributed by atoms with Crippen molar-refractivity contribution in [2.24, 2.45) is 0 Å². The van der Waals surface area contributed by atoms with Crippen molar-refractivity contribution in [3.05, 3.63) is 0 Å². The minimum Gasteiger partial charge on any atom is -0.342 e. The topological polar surface area (TPSA) is 57.5 Å². The van der Waals surface area contributed by atoms with E-state index in [4.69, 9.17) is 9.79 Å². The van der Waals surface area contributed by atoms with Gasteiger partial charge in [-0.1, -0.05) is 0 Å². The highest BCUT2D eigenvalue weighted by molar-refractivity contribution is 7.71. The molecule has 0 fully saturated rings. The summed E-state index contributed by atoms with van der Waals surface area (Å²) in [5.74, 6) is -0.0532. The predicted octanol–water partition coefficient (Wildman–Crippen LogP) is 0.665. The molecule has 5 heteroatoms. The van der Waals surface area contributed by atoms with E-state index in [0.717, 1.165) is 0 Å². The van der Waals surface area contributed by atoms with E-state index in [0.29, 0.717) is 0 Å². The molecule has 3 nitrogen and oxygen atoms in total. The maximum absolute atomic E-state index is 10.4. The summed E-state index contributed by atoms with van der Waals surface area (Å²) in [5, 5.41) is 0. The molecule has 0 aliphatic rings. The van der Waals surface area contributed by atoms with Gasteiger partial charge in [-0.15, -0.1) is 0 Å². The Morgan fingerprint density at radius 2 is 2.25 bits per heavy atom. The molecule has 0 aromatic rings. The van der Waals surface area contributed by atoms with E-state index in [-0.39, 0.29) is 5.90 Å². The van der Waals surface area contributed by atoms with Gasteiger partial charge in [-0.05, 0) is 0 Å². The fourth-order valence-electron chi connectivity index (χ4n) is 0.303. The highest BCUT2D eigenvalue weighted by Crippen LogP contribution is 2.42. The Balaban J connectivity index is 3.74. The summed E-state index contributed by atoms with van der Waals surface area (Å²) in [7, 11) is -4.46. The first-order valence-corrected chi connectivity index (χ1v) is 5.94. The van der Waals surface area contributed by atoms with Gasteiger partial charge in [-0.3, -0.25) is 4.57 Å². The molecule has 48 valence electrons. The first kappa shape index (κ1) is 8.32. The van der Waals surface area contributed by atoms with Gasteiger partial charge >= 0.3 is 0 Å². The van der Waals surface area contributed by atoms with Gasteiger partial charge in [0.2, 0.25) is 13.3 Å². The smallest absolute Gasteiger partial charge is 0.253 e. The number of rotatable bonds is 2. The van der Waals surface area contributed by atoms with Crippen molar-refractivity contribution in [2.75, 3.05) is 12.6 Å². The van der Waals surface area contributed by atoms with Crippen LogP contribution in [-0.2, 0) is 4.57 Å². The Morgan fingerprint density at radius 1 is 1.88 bits per heavy atom. The summed E-state index contributed by atoms with van der Waals surface area (Å²) < 4.78 is 10.4. The van der Waals surface area contributed by atoms with E-state index >= 15 is 0 Å². The standard InChI is InChI=1S/C3H8O3P2/c1-7(4)3-8(2,5)6/h1,3H2,2H3,(H-,4,5,6)/p+1. The molecule has 0 amide bonds. The van der Waals surface area contributed by atoms with Crippen LogP contribution in [-0.4, -0.2) is 28.7 Å². The van der Waals surface area contributed by atoms with Crippen molar-refractivity contribution in [2.45, 2.75) is 0 Å². The van der Waals surface area contributed by atoms with Crippen molar-refractivity contribution in [1.29, 1.82) is 0 Å². The largest absolute Gasteiger partial charge is 0.342 e. The zero-order valence-corrected chi connectivity index (χ0v) is 6.40. The molecule has 0 aromatic carbocycles. The Labute approximate surface area is 49.3 Å². The molecule has 2 unspecified atom stereocenters. The van der Waals surface area contributed by atoms with Crippen molar-refractivity contribution in [1.82, 2.24) is 0 Å². The maximum Gasteiger partial charge on any atom is 0.253 e. The SMILES string of the molecule is C=[P+](O)CP(C)(=O)O. The molecule has 0 heterocycles. The Kier molecular flexibility index (Phi) is 2.86. The zero-order valence-electron chi connectivity index (χ0n) is 4.61. The van der Waals surface area contributed by atoms with E-state index < -0.39 is 15.1 Å². The molecule has 0 aliphatic heterocycles. The molecule has 0 saturated carbocycles. The first-order chi connectivity index (χ1) is 3.42. The minimum atomic E-state index is -3.01. The molecule has 0 aliphatic carbocycles. The van der Waals surface area contributed by atoms with Crippen LogP contribution in [0.2, 0.25) is 0 Å². The second kappa shape index (κ2) is 2.75. The lowest BCUT2D eigenvalue weighted by atomic mass is 11.9. The van der Waals surface area contributed by atoms with Crippen molar-refractivity contribution >= 4 is 21.4 Å². The Bertz CT molecular complexity index is 135. The van der Waals surface area contributed by atoms with E-state index in [1.54, 1.807) is 0 Å². The third kappa shape index (κ3) is 6.32. The summed E-state index contributed by atoms with van der Waals surface area (Å²) in [6, 6.07) is 0. The molecule has 8 heavy (non-hydrogen) atoms. The van der Waals surface area contributed by atoms with Gasteiger partial charge in [0.25, 0.3) is 7.77 Å². The molecule has 0 saturated heterocycles. The van der Waals surface area contributed by atoms with Crippen LogP contribution in [0.1, 0.15) is 0 Å². The van der Waals surface area contributed by atoms with Crippen molar-refractivity contribution < 1.29 is 14.4 Å². The van der Waals surface area contributed by atoms with Crippen molar-refractivity contribution in [3.63, 3.8) is 0 Å². The van der Waals surface area contributed by atoms with Crippen LogP contribution < -0.4 is 0 Å². The quantitative estimate of drug-likeness (QED) is 0.576. The Morgan fingerprint density at radius 3 is 2.25 bits per heavy atom. The summed E-state index contributed by atoms with van der Waals surface area (Å²) >= 11 is 0. The molecular formula is C3H9O3P2+. The van der Waals surface area contributed by atoms with Gasteiger partial charge in [0, 0.05) is 6.66 Å². The van der Waals surface area contributed by atoms with E-state index in [2.05, 4.69) is 6.30 Å². The lowest BCUT2D eigenvalue weighted by Gasteiger charge is -1.92. The van der Waals surface area contributed by atoms with Gasteiger partial charge in [-0.25, -0.2) is 0 Å². The maximum atomic E-state index is 10.4. The summed E-state index contributed by atoms with van der Waals surface area (Å²) in [6.07, 6.45) is 3.21. The number of hydrogen-bond donors (Lipinski definition) is 2. The second-order valence-electron chi connectivity index (χ2n) is 1.70. The van der Waals surface area contributed by atoms with Gasteiger partial charge in [-0.2, -0.15) is 4.89 Å². The molecule has 0 radical (unpaired) electrons. The van der Waals surface area contributed by atoms with Crippen LogP contribution in [0, 0.1) is 0 Å². The minimum absolute atomic E-state index is 0.0532. The monoisotopic (exact) mass is 155 g/mol. The van der Waals surface area contributed by atoms with Gasteiger partial charge in [0.05, 0.1) is 0 Å². The van der Waals surface area contributed by atoms with Crippen LogP contribution in [0.3, 0.4) is 0 Å². The molecule has 0 rings (SSSR count). The molecular weight excluding hydrogens is 146 g/mol. The van der Waals surface area contributed by atoms with E-state index in [1.165, 1.54) is 6.66 Å². The fraction of sp³-hybridized carbons (Fsp3) is 0.667. The van der Waals surface area contributed by atoms with Gasteiger partial charge in [0.15, 0.2) is 0 Å². The molecule has 0 spiro atoms. The lowest BCUT2D eigenvalue weighted by Crippen LogP contribution is -1.78. The molecule has 2 atom stereocenters. The normalized spacial score (nSPS) is 19.6. The van der Waals surface area contributed by atoms with Gasteiger partial charge < -0.3 is 4.89 Å². The third-order valence-corrected chi connectivity index (χ3v) is 3.83. The third-order valence-electron chi connectivity index (χ3n) is 0.426. The molecule has 2 N–H and O–H groups in total. The second-order valence-corrected chi connectivity index (χ2v) is 5.95. The number of hydrogen-bond acceptors (Lipinski definition) is 2. The lowest BCUT2D eigenvalue weighted by molar-refractivity contribution is 0.489. The van der Waals surface area contributed by atoms with Crippen molar-refractivity contribution in [3.8, 4) is 0 Å². The average molecular weight is 155 g/mol. The van der Waals surface area contributed by atoms with E-state index in [9.17, 15) is 4.57 Å².